The van der Waals surface area contributed by atoms with Crippen molar-refractivity contribution in [3.63, 3.8) is 0 Å². The summed E-state index contributed by atoms with van der Waals surface area (Å²) in [6.45, 7) is 7.17. The maximum absolute atomic E-state index is 3.61. The minimum absolute atomic E-state index is 0.451. The molecule has 0 aliphatic heterocycles. The highest BCUT2D eigenvalue weighted by atomic mass is 14.9. The molecule has 1 N–H and O–H groups in total. The molecule has 0 spiro atoms. The van der Waals surface area contributed by atoms with Crippen LogP contribution in [0.3, 0.4) is 0 Å². The van der Waals surface area contributed by atoms with Crippen molar-refractivity contribution in [1.82, 2.24) is 5.32 Å². The Balaban J connectivity index is 2.24. The Morgan fingerprint density at radius 1 is 1.30 bits per heavy atom. The van der Waals surface area contributed by atoms with Crippen molar-refractivity contribution in [3.05, 3.63) is 35.4 Å². The van der Waals surface area contributed by atoms with E-state index in [0.29, 0.717) is 11.5 Å². The van der Waals surface area contributed by atoms with Crippen LogP contribution < -0.4 is 5.32 Å². The average Bonchev–Trinajstić information content (AvgIpc) is 2.42. The van der Waals surface area contributed by atoms with Gasteiger partial charge in [-0.15, -0.1) is 0 Å². The van der Waals surface area contributed by atoms with Gasteiger partial charge >= 0.3 is 0 Å². The molecule has 1 aliphatic carbocycles. The molecular formula is C19H31N. The van der Waals surface area contributed by atoms with Gasteiger partial charge in [0.1, 0.15) is 0 Å². The van der Waals surface area contributed by atoms with Crippen molar-refractivity contribution in [2.45, 2.75) is 65.3 Å². The van der Waals surface area contributed by atoms with Gasteiger partial charge in [-0.25, -0.2) is 0 Å². The maximum Gasteiger partial charge on any atom is 0.0351 e. The van der Waals surface area contributed by atoms with Crippen molar-refractivity contribution in [1.29, 1.82) is 0 Å². The first-order valence-corrected chi connectivity index (χ1v) is 8.34. The van der Waals surface area contributed by atoms with E-state index in [0.717, 1.165) is 5.92 Å². The van der Waals surface area contributed by atoms with Crippen molar-refractivity contribution < 1.29 is 0 Å². The van der Waals surface area contributed by atoms with E-state index in [4.69, 9.17) is 0 Å². The van der Waals surface area contributed by atoms with Crippen LogP contribution in [0.1, 0.15) is 70.0 Å². The molecule has 2 unspecified atom stereocenters. The fourth-order valence-corrected chi connectivity index (χ4v) is 3.97. The van der Waals surface area contributed by atoms with Gasteiger partial charge in [0.05, 0.1) is 0 Å². The normalized spacial score (nSPS) is 23.5. The smallest absolute Gasteiger partial charge is 0.0351 e. The molecule has 0 heterocycles. The van der Waals surface area contributed by atoms with Crippen LogP contribution in [-0.4, -0.2) is 7.05 Å². The molecule has 1 nitrogen and oxygen atoms in total. The Kier molecular flexibility index (Phi) is 5.26. The first-order valence-electron chi connectivity index (χ1n) is 8.34. The van der Waals surface area contributed by atoms with Gasteiger partial charge < -0.3 is 5.32 Å². The summed E-state index contributed by atoms with van der Waals surface area (Å²) in [6, 6.07) is 9.74. The van der Waals surface area contributed by atoms with Crippen molar-refractivity contribution >= 4 is 0 Å². The average molecular weight is 273 g/mol. The zero-order valence-corrected chi connectivity index (χ0v) is 13.7. The monoisotopic (exact) mass is 273 g/mol. The number of hydrogen-bond acceptors (Lipinski definition) is 1. The lowest BCUT2D eigenvalue weighted by Gasteiger charge is -2.43. The molecule has 1 fully saturated rings. The van der Waals surface area contributed by atoms with Crippen LogP contribution in [0, 0.1) is 11.3 Å². The number of benzene rings is 1. The second-order valence-corrected chi connectivity index (χ2v) is 7.10. The van der Waals surface area contributed by atoms with Crippen LogP contribution >= 0.6 is 0 Å². The van der Waals surface area contributed by atoms with Gasteiger partial charge in [0, 0.05) is 6.04 Å². The molecular weight excluding hydrogens is 242 g/mol. The van der Waals surface area contributed by atoms with Crippen LogP contribution in [0.25, 0.3) is 0 Å². The third-order valence-electron chi connectivity index (χ3n) is 5.15. The largest absolute Gasteiger partial charge is 0.313 e. The topological polar surface area (TPSA) is 12.0 Å². The lowest BCUT2D eigenvalue weighted by molar-refractivity contribution is 0.101. The van der Waals surface area contributed by atoms with Crippen molar-refractivity contribution in [2.75, 3.05) is 7.05 Å². The lowest BCUT2D eigenvalue weighted by atomic mass is 9.65. The maximum atomic E-state index is 3.61. The summed E-state index contributed by atoms with van der Waals surface area (Å²) in [5.41, 5.74) is 3.42. The van der Waals surface area contributed by atoms with Gasteiger partial charge in [0.2, 0.25) is 0 Å². The predicted octanol–water partition coefficient (Wildman–Crippen LogP) is 5.12. The van der Waals surface area contributed by atoms with E-state index in [1.807, 2.05) is 0 Å². The second kappa shape index (κ2) is 6.76. The predicted molar refractivity (Wildman–Crippen MR) is 88.0 cm³/mol. The van der Waals surface area contributed by atoms with Gasteiger partial charge in [-0.05, 0) is 48.8 Å². The highest BCUT2D eigenvalue weighted by Crippen LogP contribution is 2.46. The standard InChI is InChI=1S/C19H31N/c1-5-9-15-10-8-11-16(14-15)18(20-4)17-12-6-7-13-19(17,2)3/h8,10-11,14,17-18,20H,5-7,9,12-13H2,1-4H3. The molecule has 20 heavy (non-hydrogen) atoms. The van der Waals surface area contributed by atoms with E-state index in [2.05, 4.69) is 57.4 Å². The Morgan fingerprint density at radius 3 is 2.75 bits per heavy atom. The minimum atomic E-state index is 0.451. The minimum Gasteiger partial charge on any atom is -0.313 e. The SMILES string of the molecule is CCCc1cccc(C(NC)C2CCCCC2(C)C)c1. The number of hydrogen-bond donors (Lipinski definition) is 1. The van der Waals surface area contributed by atoms with E-state index >= 15 is 0 Å². The van der Waals surface area contributed by atoms with E-state index < -0.39 is 0 Å². The molecule has 2 atom stereocenters. The van der Waals surface area contributed by atoms with E-state index in [9.17, 15) is 0 Å². The van der Waals surface area contributed by atoms with Crippen LogP contribution in [0.2, 0.25) is 0 Å². The quantitative estimate of drug-likeness (QED) is 0.785. The van der Waals surface area contributed by atoms with E-state index in [-0.39, 0.29) is 0 Å². The lowest BCUT2D eigenvalue weighted by Crippen LogP contribution is -2.37. The van der Waals surface area contributed by atoms with Crippen molar-refractivity contribution in [2.24, 2.45) is 11.3 Å². The van der Waals surface area contributed by atoms with Gasteiger partial charge in [-0.3, -0.25) is 0 Å². The molecule has 1 aliphatic rings. The molecule has 0 amide bonds. The third-order valence-corrected chi connectivity index (χ3v) is 5.15. The molecule has 0 bridgehead atoms. The summed E-state index contributed by atoms with van der Waals surface area (Å²) < 4.78 is 0. The van der Waals surface area contributed by atoms with Crippen LogP contribution in [0.4, 0.5) is 0 Å². The first-order chi connectivity index (χ1) is 9.58. The Hall–Kier alpha value is -0.820. The van der Waals surface area contributed by atoms with Gasteiger partial charge in [-0.2, -0.15) is 0 Å². The van der Waals surface area contributed by atoms with Crippen LogP contribution in [-0.2, 0) is 6.42 Å². The zero-order valence-electron chi connectivity index (χ0n) is 13.7. The van der Waals surface area contributed by atoms with E-state index in [1.165, 1.54) is 49.7 Å². The van der Waals surface area contributed by atoms with Crippen molar-refractivity contribution in [3.8, 4) is 0 Å². The summed E-state index contributed by atoms with van der Waals surface area (Å²) in [6.07, 6.45) is 7.93. The highest BCUT2D eigenvalue weighted by Gasteiger charge is 2.37. The number of aryl methyl sites for hydroxylation is 1. The Labute approximate surface area is 125 Å². The van der Waals surface area contributed by atoms with Crippen LogP contribution in [0.5, 0.6) is 0 Å². The number of rotatable bonds is 5. The summed E-state index contributed by atoms with van der Waals surface area (Å²) in [4.78, 5) is 0. The van der Waals surface area contributed by atoms with Gasteiger partial charge in [-0.1, -0.05) is 64.3 Å². The summed E-state index contributed by atoms with van der Waals surface area (Å²) in [5, 5.41) is 3.61. The molecule has 1 aromatic carbocycles. The third kappa shape index (κ3) is 3.44. The summed E-state index contributed by atoms with van der Waals surface area (Å²) in [5.74, 6) is 0.748. The van der Waals surface area contributed by atoms with Crippen LogP contribution in [0.15, 0.2) is 24.3 Å². The molecule has 1 heteroatoms. The number of nitrogens with one attached hydrogen (secondary N) is 1. The Morgan fingerprint density at radius 2 is 2.10 bits per heavy atom. The van der Waals surface area contributed by atoms with Gasteiger partial charge in [0.15, 0.2) is 0 Å². The summed E-state index contributed by atoms with van der Waals surface area (Å²) >= 11 is 0. The fourth-order valence-electron chi connectivity index (χ4n) is 3.97. The Bertz CT molecular complexity index is 422. The molecule has 0 aromatic heterocycles. The zero-order chi connectivity index (χ0) is 14.6. The van der Waals surface area contributed by atoms with Gasteiger partial charge in [0.25, 0.3) is 0 Å². The van der Waals surface area contributed by atoms with E-state index in [1.54, 1.807) is 0 Å². The molecule has 2 rings (SSSR count). The molecule has 0 saturated heterocycles. The summed E-state index contributed by atoms with van der Waals surface area (Å²) in [7, 11) is 2.13. The molecule has 112 valence electrons. The second-order valence-electron chi connectivity index (χ2n) is 7.10. The molecule has 1 aromatic rings. The first kappa shape index (κ1) is 15.6. The highest BCUT2D eigenvalue weighted by molar-refractivity contribution is 5.27. The molecule has 0 radical (unpaired) electrons. The molecule has 1 saturated carbocycles. The fraction of sp³-hybridized carbons (Fsp3) is 0.684.